The SMILES string of the molecule is COC(=O)[C@H](CC1(OC)C=CC(c2ccccc2)=CC1)NC(=O)CCCCCCC(=O)NO. The molecule has 1 unspecified atom stereocenters. The molecule has 1 aromatic rings. The number of rotatable bonds is 13. The minimum atomic E-state index is -0.827. The zero-order valence-electron chi connectivity index (χ0n) is 19.3. The average Bonchev–Trinajstić information content (AvgIpc) is 2.85. The predicted octanol–water partition coefficient (Wildman–Crippen LogP) is 3.31. The number of hydrogen-bond donors (Lipinski definition) is 3. The number of allylic oxidation sites excluding steroid dienone is 2. The van der Waals surface area contributed by atoms with Gasteiger partial charge in [-0.15, -0.1) is 0 Å². The molecule has 2 atom stereocenters. The second-order valence-electron chi connectivity index (χ2n) is 8.13. The van der Waals surface area contributed by atoms with Gasteiger partial charge in [-0.05, 0) is 30.4 Å². The molecule has 0 saturated heterocycles. The second-order valence-corrected chi connectivity index (χ2v) is 8.13. The minimum absolute atomic E-state index is 0.231. The third kappa shape index (κ3) is 8.47. The van der Waals surface area contributed by atoms with Crippen molar-refractivity contribution in [3.05, 3.63) is 54.1 Å². The quantitative estimate of drug-likeness (QED) is 0.181. The molecule has 0 aliphatic heterocycles. The van der Waals surface area contributed by atoms with Gasteiger partial charge in [0.25, 0.3) is 0 Å². The molecular formula is C25H34N2O6. The monoisotopic (exact) mass is 458 g/mol. The van der Waals surface area contributed by atoms with E-state index in [1.54, 1.807) is 12.6 Å². The molecule has 1 aliphatic carbocycles. The topological polar surface area (TPSA) is 114 Å². The maximum Gasteiger partial charge on any atom is 0.328 e. The highest BCUT2D eigenvalue weighted by Gasteiger charge is 2.35. The number of amides is 2. The van der Waals surface area contributed by atoms with Crippen LogP contribution >= 0.6 is 0 Å². The zero-order chi connectivity index (χ0) is 24.1. The molecule has 0 saturated carbocycles. The Morgan fingerprint density at radius 2 is 1.70 bits per heavy atom. The van der Waals surface area contributed by atoms with Crippen molar-refractivity contribution >= 4 is 23.4 Å². The summed E-state index contributed by atoms with van der Waals surface area (Å²) in [5, 5.41) is 11.3. The lowest BCUT2D eigenvalue weighted by Crippen LogP contribution is -2.47. The van der Waals surface area contributed by atoms with Crippen molar-refractivity contribution in [2.24, 2.45) is 0 Å². The summed E-state index contributed by atoms with van der Waals surface area (Å²) in [5.41, 5.74) is 3.06. The summed E-state index contributed by atoms with van der Waals surface area (Å²) >= 11 is 0. The van der Waals surface area contributed by atoms with Gasteiger partial charge in [-0.3, -0.25) is 14.8 Å². The molecule has 1 aliphatic rings. The molecule has 0 spiro atoms. The number of carbonyl (C=O) groups is 3. The largest absolute Gasteiger partial charge is 0.467 e. The average molecular weight is 459 g/mol. The van der Waals surface area contributed by atoms with Gasteiger partial charge in [0.15, 0.2) is 0 Å². The summed E-state index contributed by atoms with van der Waals surface area (Å²) in [7, 11) is 2.90. The van der Waals surface area contributed by atoms with E-state index in [2.05, 4.69) is 11.4 Å². The Bertz CT molecular complexity index is 852. The molecule has 8 heteroatoms. The zero-order valence-corrected chi connectivity index (χ0v) is 19.3. The van der Waals surface area contributed by atoms with Crippen LogP contribution in [0, 0.1) is 0 Å². The van der Waals surface area contributed by atoms with Crippen molar-refractivity contribution in [3.63, 3.8) is 0 Å². The molecule has 0 heterocycles. The molecule has 33 heavy (non-hydrogen) atoms. The van der Waals surface area contributed by atoms with Crippen molar-refractivity contribution in [1.82, 2.24) is 10.8 Å². The first kappa shape index (κ1) is 26.3. The van der Waals surface area contributed by atoms with Gasteiger partial charge in [-0.2, -0.15) is 0 Å². The summed E-state index contributed by atoms with van der Waals surface area (Å²) in [6, 6.07) is 9.18. The van der Waals surface area contributed by atoms with E-state index in [0.29, 0.717) is 19.3 Å². The smallest absolute Gasteiger partial charge is 0.328 e. The van der Waals surface area contributed by atoms with Crippen molar-refractivity contribution < 1.29 is 29.1 Å². The van der Waals surface area contributed by atoms with E-state index >= 15 is 0 Å². The number of nitrogens with one attached hydrogen (secondary N) is 2. The van der Waals surface area contributed by atoms with Gasteiger partial charge in [-0.25, -0.2) is 10.3 Å². The van der Waals surface area contributed by atoms with E-state index in [4.69, 9.17) is 14.7 Å². The summed E-state index contributed by atoms with van der Waals surface area (Å²) in [6.45, 7) is 0. The molecule has 8 nitrogen and oxygen atoms in total. The van der Waals surface area contributed by atoms with Crippen LogP contribution in [0.25, 0.3) is 5.57 Å². The molecule has 180 valence electrons. The van der Waals surface area contributed by atoms with Crippen molar-refractivity contribution in [3.8, 4) is 0 Å². The first-order valence-corrected chi connectivity index (χ1v) is 11.2. The van der Waals surface area contributed by atoms with Crippen LogP contribution < -0.4 is 10.8 Å². The first-order valence-electron chi connectivity index (χ1n) is 11.2. The highest BCUT2D eigenvalue weighted by Crippen LogP contribution is 2.32. The molecule has 2 amide bonds. The number of hydrogen-bond acceptors (Lipinski definition) is 6. The van der Waals surface area contributed by atoms with Crippen LogP contribution in [-0.4, -0.2) is 48.9 Å². The van der Waals surface area contributed by atoms with Crippen LogP contribution in [0.2, 0.25) is 0 Å². The fourth-order valence-electron chi connectivity index (χ4n) is 3.82. The standard InChI is InChI=1S/C25H34N2O6/c1-32-24(30)21(26-22(28)12-8-3-4-9-13-23(29)27-31)18-25(33-2)16-14-20(15-17-25)19-10-6-5-7-11-19/h5-7,10-11,14-16,21,31H,3-4,8-9,12-13,17-18H2,1-2H3,(H,26,28)(H,27,29)/t21-,25?/m0/s1. The van der Waals surface area contributed by atoms with Crippen LogP contribution in [-0.2, 0) is 23.9 Å². The molecule has 0 fully saturated rings. The van der Waals surface area contributed by atoms with Gasteiger partial charge in [0.2, 0.25) is 11.8 Å². The minimum Gasteiger partial charge on any atom is -0.467 e. The maximum atomic E-state index is 12.4. The third-order valence-corrected chi connectivity index (χ3v) is 5.80. The fraction of sp³-hybridized carbons (Fsp3) is 0.480. The molecular weight excluding hydrogens is 424 g/mol. The Morgan fingerprint density at radius 3 is 2.24 bits per heavy atom. The van der Waals surface area contributed by atoms with Crippen LogP contribution in [0.4, 0.5) is 0 Å². The molecule has 3 N–H and O–H groups in total. The third-order valence-electron chi connectivity index (χ3n) is 5.80. The summed E-state index contributed by atoms with van der Waals surface area (Å²) in [4.78, 5) is 35.8. The van der Waals surface area contributed by atoms with Gasteiger partial charge in [-0.1, -0.05) is 61.4 Å². The molecule has 0 radical (unpaired) electrons. The Kier molecular flexibility index (Phi) is 10.8. The molecule has 1 aromatic carbocycles. The van der Waals surface area contributed by atoms with E-state index < -0.39 is 23.5 Å². The van der Waals surface area contributed by atoms with Gasteiger partial charge >= 0.3 is 5.97 Å². The van der Waals surface area contributed by atoms with Gasteiger partial charge < -0.3 is 14.8 Å². The lowest BCUT2D eigenvalue weighted by Gasteiger charge is -2.34. The van der Waals surface area contributed by atoms with E-state index in [0.717, 1.165) is 24.0 Å². The summed E-state index contributed by atoms with van der Waals surface area (Å²) < 4.78 is 10.7. The van der Waals surface area contributed by atoms with Crippen molar-refractivity contribution in [1.29, 1.82) is 0 Å². The normalized spacial score (nSPS) is 18.2. The Hall–Kier alpha value is -2.97. The second kappa shape index (κ2) is 13.5. The van der Waals surface area contributed by atoms with Crippen LogP contribution in [0.3, 0.4) is 0 Å². The molecule has 0 aromatic heterocycles. The Balaban J connectivity index is 1.89. The van der Waals surface area contributed by atoms with Gasteiger partial charge in [0.05, 0.1) is 12.7 Å². The Morgan fingerprint density at radius 1 is 1.03 bits per heavy atom. The van der Waals surface area contributed by atoms with E-state index in [-0.39, 0.29) is 25.2 Å². The number of methoxy groups -OCH3 is 2. The maximum absolute atomic E-state index is 12.4. The van der Waals surface area contributed by atoms with Gasteiger partial charge in [0, 0.05) is 26.4 Å². The Labute approximate surface area is 195 Å². The fourth-order valence-corrected chi connectivity index (χ4v) is 3.82. The number of carbonyl (C=O) groups excluding carboxylic acids is 3. The number of unbranched alkanes of at least 4 members (excludes halogenated alkanes) is 3. The lowest BCUT2D eigenvalue weighted by molar-refractivity contribution is -0.147. The number of hydroxylamine groups is 1. The van der Waals surface area contributed by atoms with Crippen molar-refractivity contribution in [2.45, 2.75) is 63.0 Å². The van der Waals surface area contributed by atoms with E-state index in [1.165, 1.54) is 7.11 Å². The van der Waals surface area contributed by atoms with Crippen LogP contribution in [0.5, 0.6) is 0 Å². The summed E-state index contributed by atoms with van der Waals surface area (Å²) in [6.07, 6.45) is 10.2. The molecule has 0 bridgehead atoms. The highest BCUT2D eigenvalue weighted by atomic mass is 16.5. The number of benzene rings is 1. The highest BCUT2D eigenvalue weighted by molar-refractivity contribution is 5.84. The predicted molar refractivity (Wildman–Crippen MR) is 124 cm³/mol. The lowest BCUT2D eigenvalue weighted by atomic mass is 9.84. The first-order chi connectivity index (χ1) is 15.9. The van der Waals surface area contributed by atoms with E-state index in [1.807, 2.05) is 42.5 Å². The van der Waals surface area contributed by atoms with Crippen LogP contribution in [0.15, 0.2) is 48.6 Å². The number of esters is 1. The molecule has 2 rings (SSSR count). The van der Waals surface area contributed by atoms with Crippen molar-refractivity contribution in [2.75, 3.05) is 14.2 Å². The summed E-state index contributed by atoms with van der Waals surface area (Å²) in [5.74, 6) is -1.16. The van der Waals surface area contributed by atoms with Crippen LogP contribution in [0.1, 0.15) is 56.9 Å². The van der Waals surface area contributed by atoms with Gasteiger partial charge in [0.1, 0.15) is 6.04 Å². The van der Waals surface area contributed by atoms with E-state index in [9.17, 15) is 14.4 Å². The number of ether oxygens (including phenoxy) is 2.